The highest BCUT2D eigenvalue weighted by molar-refractivity contribution is 5.92. The number of nitrogens with zero attached hydrogens (tertiary/aromatic N) is 2. The average Bonchev–Trinajstić information content (AvgIpc) is 1.62. The van der Waals surface area contributed by atoms with Crippen molar-refractivity contribution < 1.29 is 17.6 Å². The lowest BCUT2D eigenvalue weighted by molar-refractivity contribution is 0.618. The summed E-state index contributed by atoms with van der Waals surface area (Å²) in [5.74, 6) is -1.32. The monoisotopic (exact) mass is 1120 g/mol. The maximum atomic E-state index is 15.9. The van der Waals surface area contributed by atoms with Crippen LogP contribution in [-0.2, 0) is 10.8 Å². The Morgan fingerprint density at radius 1 is 0.302 bits per heavy atom. The van der Waals surface area contributed by atoms with Gasteiger partial charge in [0.05, 0.1) is 10.8 Å². The van der Waals surface area contributed by atoms with Gasteiger partial charge in [-0.05, 0) is 211 Å². The van der Waals surface area contributed by atoms with E-state index in [1.165, 1.54) is 12.1 Å². The van der Waals surface area contributed by atoms with E-state index in [0.717, 1.165) is 112 Å². The molecular weight excluding hydrogens is 1060 g/mol. The topological polar surface area (TPSA) is 6.48 Å². The second-order valence-electron chi connectivity index (χ2n) is 22.4. The number of fused-ring (bicyclic) bond motifs is 6. The highest BCUT2D eigenvalue weighted by atomic mass is 19.1. The van der Waals surface area contributed by atoms with Gasteiger partial charge in [-0.15, -0.1) is 0 Å². The Morgan fingerprint density at radius 2 is 0.651 bits per heavy atom. The SMILES string of the molecule is C=Cc1ccc(C2(c3cccc(F)c3)c3ccccc3-c3ccc(N(c4ccc(-c5ccc(N(c6ccc(C)c(F)c6)c6ccc7c(c6)C(c6ccc(C=C)cc6)(c6cccc(F)c6)c6ccccc6-7)cc5)cc4)c4ccc(C)c(F)c4)cc32)cc1. The van der Waals surface area contributed by atoms with E-state index in [9.17, 15) is 0 Å². The molecule has 0 bridgehead atoms. The number of aryl methyl sites for hydroxylation is 2. The second-order valence-corrected chi connectivity index (χ2v) is 22.4. The molecule has 2 aliphatic rings. The molecule has 2 aliphatic carbocycles. The molecule has 0 aromatic heterocycles. The summed E-state index contributed by atoms with van der Waals surface area (Å²) in [5.41, 5.74) is 19.2. The van der Waals surface area contributed by atoms with Gasteiger partial charge in [0, 0.05) is 34.1 Å². The van der Waals surface area contributed by atoms with Gasteiger partial charge in [-0.1, -0.05) is 195 Å². The molecule has 0 aliphatic heterocycles. The highest BCUT2D eigenvalue weighted by Crippen LogP contribution is 2.59. The number of hydrogen-bond donors (Lipinski definition) is 0. The van der Waals surface area contributed by atoms with Gasteiger partial charge >= 0.3 is 0 Å². The molecule has 0 saturated carbocycles. The molecule has 0 fully saturated rings. The Bertz CT molecular complexity index is 4350. The predicted molar refractivity (Wildman–Crippen MR) is 345 cm³/mol. The first-order valence-corrected chi connectivity index (χ1v) is 28.8. The Kier molecular flexibility index (Phi) is 13.2. The molecule has 2 nitrogen and oxygen atoms in total. The van der Waals surface area contributed by atoms with Gasteiger partial charge < -0.3 is 9.80 Å². The molecule has 12 aromatic rings. The minimum Gasteiger partial charge on any atom is -0.310 e. The summed E-state index contributed by atoms with van der Waals surface area (Å²) in [6, 6.07) is 87.0. The molecule has 2 atom stereocenters. The fourth-order valence-electron chi connectivity index (χ4n) is 13.5. The molecule has 0 spiro atoms. The lowest BCUT2D eigenvalue weighted by Crippen LogP contribution is -2.29. The summed E-state index contributed by atoms with van der Waals surface area (Å²) in [6.07, 6.45) is 3.64. The van der Waals surface area contributed by atoms with Gasteiger partial charge in [0.2, 0.25) is 0 Å². The number of rotatable bonds is 13. The summed E-state index contributed by atoms with van der Waals surface area (Å²) >= 11 is 0. The van der Waals surface area contributed by atoms with Crippen LogP contribution in [0.2, 0.25) is 0 Å². The Labute approximate surface area is 499 Å². The average molecular weight is 1120 g/mol. The van der Waals surface area contributed by atoms with Crippen molar-refractivity contribution in [3.63, 3.8) is 0 Å². The summed E-state index contributed by atoms with van der Waals surface area (Å²) < 4.78 is 63.0. The normalized spacial score (nSPS) is 15.3. The van der Waals surface area contributed by atoms with E-state index in [-0.39, 0.29) is 23.3 Å². The quantitative estimate of drug-likeness (QED) is 0.106. The zero-order valence-corrected chi connectivity index (χ0v) is 47.4. The van der Waals surface area contributed by atoms with Crippen molar-refractivity contribution in [1.82, 2.24) is 0 Å². The largest absolute Gasteiger partial charge is 0.310 e. The van der Waals surface area contributed by atoms with Crippen LogP contribution in [0, 0.1) is 37.1 Å². The van der Waals surface area contributed by atoms with E-state index in [1.54, 1.807) is 62.4 Å². The number of halogens is 4. The van der Waals surface area contributed by atoms with Crippen LogP contribution in [0.1, 0.15) is 66.8 Å². The minimum absolute atomic E-state index is 0.328. The molecule has 14 rings (SSSR count). The van der Waals surface area contributed by atoms with Gasteiger partial charge in [-0.3, -0.25) is 0 Å². The van der Waals surface area contributed by atoms with Crippen molar-refractivity contribution in [1.29, 1.82) is 0 Å². The van der Waals surface area contributed by atoms with Crippen molar-refractivity contribution in [2.24, 2.45) is 0 Å². The molecule has 0 N–H and O–H groups in total. The molecule has 2 unspecified atom stereocenters. The first-order valence-electron chi connectivity index (χ1n) is 28.8. The van der Waals surface area contributed by atoms with Crippen LogP contribution in [0.3, 0.4) is 0 Å². The molecule has 6 heteroatoms. The second kappa shape index (κ2) is 21.3. The van der Waals surface area contributed by atoms with E-state index in [2.05, 4.69) is 156 Å². The van der Waals surface area contributed by atoms with Crippen molar-refractivity contribution in [2.45, 2.75) is 24.7 Å². The summed E-state index contributed by atoms with van der Waals surface area (Å²) in [5, 5.41) is 0. The molecule has 0 heterocycles. The van der Waals surface area contributed by atoms with E-state index < -0.39 is 10.8 Å². The third kappa shape index (κ3) is 8.62. The van der Waals surface area contributed by atoms with E-state index in [0.29, 0.717) is 22.5 Å². The smallest absolute Gasteiger partial charge is 0.128 e. The van der Waals surface area contributed by atoms with Crippen LogP contribution in [0.5, 0.6) is 0 Å². The summed E-state index contributed by atoms with van der Waals surface area (Å²) in [4.78, 5) is 4.14. The molecule has 0 radical (unpaired) electrons. The third-order valence-corrected chi connectivity index (χ3v) is 17.7. The van der Waals surface area contributed by atoms with E-state index in [1.807, 2.05) is 84.9 Å². The lowest BCUT2D eigenvalue weighted by Gasteiger charge is -2.35. The van der Waals surface area contributed by atoms with E-state index in [4.69, 9.17) is 0 Å². The summed E-state index contributed by atoms with van der Waals surface area (Å²) in [7, 11) is 0. The van der Waals surface area contributed by atoms with Crippen LogP contribution in [0.25, 0.3) is 45.5 Å². The Balaban J connectivity index is 0.873. The third-order valence-electron chi connectivity index (χ3n) is 17.7. The standard InChI is InChI=1S/C80H56F4N2/c1-5-53-23-31-57(32-24-53)79(59-13-11-15-61(81)45-59)73-19-9-7-17-69(73)71-43-41-65(47-75(71)79)85(67-35-21-51(3)77(83)49-67)63-37-27-55(28-38-63)56-29-39-64(40-30-56)86(68-36-22-52(4)78(84)50-68)66-42-44-72-70-18-8-10-20-74(70)80(76(72)48-66,60-14-12-16-62(82)46-60)58-33-25-54(6-2)26-34-58/h5-50H,1-2H2,3-4H3. The molecule has 414 valence electrons. The van der Waals surface area contributed by atoms with Crippen LogP contribution >= 0.6 is 0 Å². The fraction of sp³-hybridized carbons (Fsp3) is 0.0500. The fourth-order valence-corrected chi connectivity index (χ4v) is 13.5. The zero-order valence-electron chi connectivity index (χ0n) is 47.4. The van der Waals surface area contributed by atoms with E-state index >= 15 is 17.6 Å². The maximum absolute atomic E-state index is 15.9. The predicted octanol–water partition coefficient (Wildman–Crippen LogP) is 21.5. The molecule has 12 aromatic carbocycles. The first kappa shape index (κ1) is 53.4. The van der Waals surface area contributed by atoms with Crippen LogP contribution in [0.15, 0.2) is 280 Å². The Morgan fingerprint density at radius 3 is 1.02 bits per heavy atom. The van der Waals surface area contributed by atoms with Crippen molar-refractivity contribution >= 4 is 46.3 Å². The molecule has 0 amide bonds. The molecule has 86 heavy (non-hydrogen) atoms. The maximum Gasteiger partial charge on any atom is 0.128 e. The van der Waals surface area contributed by atoms with Crippen molar-refractivity contribution in [3.05, 3.63) is 370 Å². The van der Waals surface area contributed by atoms with Crippen LogP contribution in [-0.4, -0.2) is 0 Å². The van der Waals surface area contributed by atoms with Gasteiger partial charge in [-0.25, -0.2) is 17.6 Å². The lowest BCUT2D eigenvalue weighted by atomic mass is 9.67. The van der Waals surface area contributed by atoms with Crippen LogP contribution in [0.4, 0.5) is 51.7 Å². The number of hydrogen-bond acceptors (Lipinski definition) is 2. The van der Waals surface area contributed by atoms with Gasteiger partial charge in [0.15, 0.2) is 0 Å². The zero-order chi connectivity index (χ0) is 58.8. The first-order chi connectivity index (χ1) is 42.0. The molecule has 0 saturated heterocycles. The number of anilines is 6. The van der Waals surface area contributed by atoms with Crippen molar-refractivity contribution in [3.8, 4) is 33.4 Å². The Hall–Kier alpha value is -10.6. The molecular formula is C80H56F4N2. The van der Waals surface area contributed by atoms with Gasteiger partial charge in [0.25, 0.3) is 0 Å². The van der Waals surface area contributed by atoms with Gasteiger partial charge in [-0.2, -0.15) is 0 Å². The van der Waals surface area contributed by atoms with Crippen molar-refractivity contribution in [2.75, 3.05) is 9.80 Å². The minimum atomic E-state index is -0.911. The van der Waals surface area contributed by atoms with Gasteiger partial charge in [0.1, 0.15) is 23.3 Å². The number of benzene rings is 12. The van der Waals surface area contributed by atoms with Crippen LogP contribution < -0.4 is 9.80 Å². The summed E-state index contributed by atoms with van der Waals surface area (Å²) in [6.45, 7) is 11.5. The highest BCUT2D eigenvalue weighted by Gasteiger charge is 2.48.